The topological polar surface area (TPSA) is 18.5 Å². The minimum Gasteiger partial charge on any atom is -0.497 e. The molecule has 0 unspecified atom stereocenters. The highest BCUT2D eigenvalue weighted by atomic mass is 28.3. The van der Waals surface area contributed by atoms with Crippen LogP contribution in [0.5, 0.6) is 11.5 Å². The van der Waals surface area contributed by atoms with Crippen molar-refractivity contribution in [1.82, 2.24) is 0 Å². The SMILES string of the molecule is COc1ccc(-c2ccc3c(c2)[Si](c2ccccc2)(c2ccccc2)c2cc(-c4ccc(OC)cc4)ccc2C=C3)cc1. The maximum absolute atomic E-state index is 5.45. The van der Waals surface area contributed by atoms with Crippen LogP contribution in [-0.4, -0.2) is 22.3 Å². The molecule has 0 aromatic heterocycles. The summed E-state index contributed by atoms with van der Waals surface area (Å²) < 4.78 is 10.9. The Morgan fingerprint density at radius 3 is 1.14 bits per heavy atom. The van der Waals surface area contributed by atoms with E-state index in [-0.39, 0.29) is 0 Å². The van der Waals surface area contributed by atoms with Gasteiger partial charge in [-0.2, -0.15) is 0 Å². The highest BCUT2D eigenvalue weighted by Gasteiger charge is 2.44. The molecule has 0 saturated heterocycles. The second kappa shape index (κ2) is 11.3. The van der Waals surface area contributed by atoms with Crippen LogP contribution < -0.4 is 30.2 Å². The van der Waals surface area contributed by atoms with Gasteiger partial charge in [-0.3, -0.25) is 0 Å². The number of hydrogen-bond acceptors (Lipinski definition) is 2. The Morgan fingerprint density at radius 1 is 0.395 bits per heavy atom. The summed E-state index contributed by atoms with van der Waals surface area (Å²) in [6.07, 6.45) is 4.61. The van der Waals surface area contributed by atoms with Crippen LogP contribution >= 0.6 is 0 Å². The predicted molar refractivity (Wildman–Crippen MR) is 183 cm³/mol. The first-order chi connectivity index (χ1) is 21.2. The van der Waals surface area contributed by atoms with Crippen molar-refractivity contribution in [3.63, 3.8) is 0 Å². The summed E-state index contributed by atoms with van der Waals surface area (Å²) in [5, 5.41) is 5.51. The zero-order valence-electron chi connectivity index (χ0n) is 24.3. The molecule has 43 heavy (non-hydrogen) atoms. The molecule has 0 bridgehead atoms. The zero-order chi connectivity index (χ0) is 29.2. The van der Waals surface area contributed by atoms with Crippen LogP contribution in [0.25, 0.3) is 34.4 Å². The largest absolute Gasteiger partial charge is 0.497 e. The van der Waals surface area contributed by atoms with Gasteiger partial charge in [0.05, 0.1) is 14.2 Å². The quantitative estimate of drug-likeness (QED) is 0.202. The van der Waals surface area contributed by atoms with Gasteiger partial charge in [0.15, 0.2) is 8.07 Å². The summed E-state index contributed by atoms with van der Waals surface area (Å²) in [7, 11) is 0.616. The van der Waals surface area contributed by atoms with Crippen molar-refractivity contribution in [1.29, 1.82) is 0 Å². The van der Waals surface area contributed by atoms with Crippen molar-refractivity contribution in [2.75, 3.05) is 14.2 Å². The molecule has 6 aromatic carbocycles. The molecule has 0 radical (unpaired) electrons. The van der Waals surface area contributed by atoms with Gasteiger partial charge in [0, 0.05) is 0 Å². The van der Waals surface area contributed by atoms with Crippen LogP contribution in [0.15, 0.2) is 146 Å². The maximum Gasteiger partial charge on any atom is 0.180 e. The van der Waals surface area contributed by atoms with Crippen molar-refractivity contribution in [2.45, 2.75) is 0 Å². The van der Waals surface area contributed by atoms with Gasteiger partial charge in [-0.25, -0.2) is 0 Å². The number of ether oxygens (including phenoxy) is 2. The Balaban J connectivity index is 1.55. The lowest BCUT2D eigenvalue weighted by Gasteiger charge is -2.36. The van der Waals surface area contributed by atoms with Crippen LogP contribution in [0.1, 0.15) is 11.1 Å². The van der Waals surface area contributed by atoms with Crippen molar-refractivity contribution >= 4 is 41.0 Å². The van der Waals surface area contributed by atoms with E-state index in [1.807, 2.05) is 24.3 Å². The van der Waals surface area contributed by atoms with Crippen LogP contribution in [-0.2, 0) is 0 Å². The van der Waals surface area contributed by atoms with Gasteiger partial charge in [0.1, 0.15) is 11.5 Å². The number of rotatable bonds is 6. The van der Waals surface area contributed by atoms with Gasteiger partial charge in [-0.05, 0) is 78.4 Å². The monoisotopic (exact) mass is 572 g/mol. The molecule has 0 fully saturated rings. The Bertz CT molecular complexity index is 1770. The average molecular weight is 573 g/mol. The number of methoxy groups -OCH3 is 2. The molecule has 208 valence electrons. The van der Waals surface area contributed by atoms with Gasteiger partial charge in [0.25, 0.3) is 0 Å². The van der Waals surface area contributed by atoms with Gasteiger partial charge in [-0.15, -0.1) is 0 Å². The molecule has 1 aliphatic rings. The fourth-order valence-electron chi connectivity index (χ4n) is 6.47. The van der Waals surface area contributed by atoms with E-state index in [0.29, 0.717) is 0 Å². The molecular formula is C40H32O2Si. The smallest absolute Gasteiger partial charge is 0.180 e. The molecule has 0 aliphatic carbocycles. The van der Waals surface area contributed by atoms with Gasteiger partial charge in [-0.1, -0.05) is 133 Å². The van der Waals surface area contributed by atoms with Crippen molar-refractivity contribution in [2.24, 2.45) is 0 Å². The summed E-state index contributed by atoms with van der Waals surface area (Å²) in [5.41, 5.74) is 7.28. The van der Waals surface area contributed by atoms with Crippen LogP contribution in [0, 0.1) is 0 Å². The molecule has 7 rings (SSSR count). The minimum atomic E-state index is -2.80. The highest BCUT2D eigenvalue weighted by molar-refractivity contribution is 7.20. The standard InChI is InChI=1S/C40H32O2Si/c1-41-35-23-19-29(20-24-35)33-17-15-31-13-14-32-16-18-34(30-21-25-36(42-2)26-22-30)28-40(32)43(39(31)27-33,37-9-5-3-6-10-37)38-11-7-4-8-12-38/h3-28H,1-2H3. The van der Waals surface area contributed by atoms with E-state index in [1.165, 1.54) is 54.1 Å². The summed E-state index contributed by atoms with van der Waals surface area (Å²) in [6.45, 7) is 0. The Labute approximate surface area is 254 Å². The molecule has 0 atom stereocenters. The predicted octanol–water partition coefficient (Wildman–Crippen LogP) is 6.90. The molecule has 0 spiro atoms. The van der Waals surface area contributed by atoms with Crippen LogP contribution in [0.2, 0.25) is 0 Å². The summed E-state index contributed by atoms with van der Waals surface area (Å²) >= 11 is 0. The van der Waals surface area contributed by atoms with E-state index in [4.69, 9.17) is 9.47 Å². The molecule has 0 N–H and O–H groups in total. The van der Waals surface area contributed by atoms with E-state index in [2.05, 4.69) is 133 Å². The van der Waals surface area contributed by atoms with Gasteiger partial charge >= 0.3 is 0 Å². The lowest BCUT2D eigenvalue weighted by Crippen LogP contribution is -2.75. The summed E-state index contributed by atoms with van der Waals surface area (Å²) in [4.78, 5) is 0. The zero-order valence-corrected chi connectivity index (χ0v) is 25.3. The molecule has 1 heterocycles. The van der Waals surface area contributed by atoms with E-state index in [1.54, 1.807) is 14.2 Å². The van der Waals surface area contributed by atoms with E-state index >= 15 is 0 Å². The lowest BCUT2D eigenvalue weighted by atomic mass is 10.0. The highest BCUT2D eigenvalue weighted by Crippen LogP contribution is 2.29. The van der Waals surface area contributed by atoms with Gasteiger partial charge in [0.2, 0.25) is 0 Å². The molecular weight excluding hydrogens is 541 g/mol. The molecule has 2 nitrogen and oxygen atoms in total. The molecule has 0 amide bonds. The summed E-state index contributed by atoms with van der Waals surface area (Å²) in [6, 6.07) is 53.1. The third kappa shape index (κ3) is 4.68. The van der Waals surface area contributed by atoms with Crippen molar-refractivity contribution in [3.05, 3.63) is 157 Å². The first-order valence-corrected chi connectivity index (χ1v) is 16.6. The average Bonchev–Trinajstić information content (AvgIpc) is 3.23. The van der Waals surface area contributed by atoms with E-state index in [0.717, 1.165) is 11.5 Å². The second-order valence-corrected chi connectivity index (χ2v) is 14.6. The fraction of sp³-hybridized carbons (Fsp3) is 0.0500. The summed E-state index contributed by atoms with van der Waals surface area (Å²) in [5.74, 6) is 1.72. The fourth-order valence-corrected chi connectivity index (χ4v) is 11.7. The number of fused-ring (bicyclic) bond motifs is 2. The first-order valence-electron chi connectivity index (χ1n) is 14.6. The van der Waals surface area contributed by atoms with Crippen LogP contribution in [0.4, 0.5) is 0 Å². The number of hydrogen-bond donors (Lipinski definition) is 0. The minimum absolute atomic E-state index is 0.860. The molecule has 1 aliphatic heterocycles. The Morgan fingerprint density at radius 2 is 0.767 bits per heavy atom. The van der Waals surface area contributed by atoms with Crippen LogP contribution in [0.3, 0.4) is 0 Å². The van der Waals surface area contributed by atoms with Crippen molar-refractivity contribution < 1.29 is 9.47 Å². The third-order valence-corrected chi connectivity index (χ3v) is 13.5. The lowest BCUT2D eigenvalue weighted by molar-refractivity contribution is 0.415. The van der Waals surface area contributed by atoms with Gasteiger partial charge < -0.3 is 9.47 Å². The van der Waals surface area contributed by atoms with Crippen molar-refractivity contribution in [3.8, 4) is 33.8 Å². The number of benzene rings is 6. The van der Waals surface area contributed by atoms with E-state index < -0.39 is 8.07 Å². The molecule has 3 heteroatoms. The third-order valence-electron chi connectivity index (χ3n) is 8.62. The van der Waals surface area contributed by atoms with E-state index in [9.17, 15) is 0 Å². The first kappa shape index (κ1) is 26.8. The maximum atomic E-state index is 5.45. The Hall–Kier alpha value is -5.12. The normalized spacial score (nSPS) is 13.0. The Kier molecular flexibility index (Phi) is 7.02. The molecule has 6 aromatic rings. The second-order valence-electron chi connectivity index (χ2n) is 10.9. The molecule has 0 saturated carbocycles.